The molecule has 0 saturated heterocycles. The number of nitrogens with zero attached hydrogens (tertiary/aromatic N) is 3. The fraction of sp³-hybridized carbons (Fsp3) is 0.304. The summed E-state index contributed by atoms with van der Waals surface area (Å²) in [6.07, 6.45) is -5.91. The number of aryl methyl sites for hydroxylation is 1. The summed E-state index contributed by atoms with van der Waals surface area (Å²) in [5, 5.41) is 7.90. The van der Waals surface area contributed by atoms with Gasteiger partial charge < -0.3 is 9.88 Å². The molecule has 0 aliphatic heterocycles. The van der Waals surface area contributed by atoms with Gasteiger partial charge in [-0.1, -0.05) is 0 Å². The predicted molar refractivity (Wildman–Crippen MR) is 126 cm³/mol. The second kappa shape index (κ2) is 10.2. The van der Waals surface area contributed by atoms with Gasteiger partial charge in [-0.3, -0.25) is 9.59 Å². The van der Waals surface area contributed by atoms with Gasteiger partial charge in [-0.15, -0.1) is 11.3 Å². The second-order valence-corrected chi connectivity index (χ2v) is 9.46. The molecule has 0 bridgehead atoms. The van der Waals surface area contributed by atoms with Crippen molar-refractivity contribution in [1.29, 1.82) is 0 Å². The van der Waals surface area contributed by atoms with Crippen molar-refractivity contribution in [3.8, 4) is 10.6 Å². The molecule has 202 valence electrons. The number of pyridine rings is 1. The maximum absolute atomic E-state index is 14.8. The molecule has 3 heterocycles. The third-order valence-electron chi connectivity index (χ3n) is 5.66. The highest BCUT2D eigenvalue weighted by Crippen LogP contribution is 2.38. The lowest BCUT2D eigenvalue weighted by Crippen LogP contribution is -2.27. The Balaban J connectivity index is 1.48. The number of anilines is 1. The monoisotopic (exact) mass is 561 g/mol. The fourth-order valence-electron chi connectivity index (χ4n) is 3.87. The van der Waals surface area contributed by atoms with E-state index in [1.165, 1.54) is 22.9 Å². The third-order valence-corrected chi connectivity index (χ3v) is 6.73. The minimum absolute atomic E-state index is 0.0110. The summed E-state index contributed by atoms with van der Waals surface area (Å²) in [7, 11) is 0. The Hall–Kier alpha value is -3.75. The lowest BCUT2D eigenvalue weighted by atomic mass is 10.1. The Morgan fingerprint density at radius 2 is 1.84 bits per heavy atom. The number of hydrogen-bond acceptors (Lipinski definition) is 6. The lowest BCUT2D eigenvalue weighted by molar-refractivity contribution is -0.138. The summed E-state index contributed by atoms with van der Waals surface area (Å²) in [5.41, 5.74) is -3.93. The van der Waals surface area contributed by atoms with E-state index in [0.717, 1.165) is 12.3 Å². The van der Waals surface area contributed by atoms with Crippen LogP contribution in [0, 0.1) is 5.82 Å². The molecule has 4 aromatic rings. The average molecular weight is 561 g/mol. The van der Waals surface area contributed by atoms with E-state index in [2.05, 4.69) is 15.4 Å². The number of rotatable bonds is 7. The van der Waals surface area contributed by atoms with Crippen LogP contribution < -0.4 is 16.4 Å². The van der Waals surface area contributed by atoms with Crippen molar-refractivity contribution in [1.82, 2.24) is 19.7 Å². The predicted octanol–water partition coefficient (Wildman–Crippen LogP) is 5.67. The largest absolute Gasteiger partial charge is 0.427 e. The van der Waals surface area contributed by atoms with E-state index in [9.17, 15) is 40.3 Å². The SMILES string of the molecule is CC(CCCn1ccc2cc(-c3ncc(C(F)(F)F)s3)c(F)cc2c1=O)Nc1cn[nH]c(=O)c1C(F)(F)F. The summed E-state index contributed by atoms with van der Waals surface area (Å²) in [6, 6.07) is 3.20. The van der Waals surface area contributed by atoms with Crippen molar-refractivity contribution >= 4 is 27.8 Å². The first-order chi connectivity index (χ1) is 17.8. The van der Waals surface area contributed by atoms with Crippen molar-refractivity contribution in [2.45, 2.75) is 44.7 Å². The fourth-order valence-corrected chi connectivity index (χ4v) is 4.67. The number of alkyl halides is 6. The lowest BCUT2D eigenvalue weighted by Gasteiger charge is -2.18. The number of thiazole rings is 1. The van der Waals surface area contributed by atoms with E-state index < -0.39 is 51.5 Å². The highest BCUT2D eigenvalue weighted by Gasteiger charge is 2.37. The number of nitrogens with one attached hydrogen (secondary N) is 2. The van der Waals surface area contributed by atoms with Gasteiger partial charge in [-0.05, 0) is 43.4 Å². The van der Waals surface area contributed by atoms with Gasteiger partial charge in [0.1, 0.15) is 21.3 Å². The van der Waals surface area contributed by atoms with Crippen molar-refractivity contribution in [3.63, 3.8) is 0 Å². The molecule has 1 aromatic carbocycles. The Morgan fingerprint density at radius 3 is 2.50 bits per heavy atom. The van der Waals surface area contributed by atoms with Crippen molar-refractivity contribution in [2.75, 3.05) is 5.32 Å². The van der Waals surface area contributed by atoms with Gasteiger partial charge in [-0.2, -0.15) is 31.4 Å². The maximum atomic E-state index is 14.8. The van der Waals surface area contributed by atoms with E-state index in [-0.39, 0.29) is 33.8 Å². The van der Waals surface area contributed by atoms with E-state index >= 15 is 0 Å². The number of H-pyrrole nitrogens is 1. The molecular weight excluding hydrogens is 543 g/mol. The normalized spacial score (nSPS) is 13.2. The van der Waals surface area contributed by atoms with Gasteiger partial charge in [0.25, 0.3) is 11.1 Å². The topological polar surface area (TPSA) is 92.7 Å². The van der Waals surface area contributed by atoms with Crippen LogP contribution in [0.25, 0.3) is 21.3 Å². The molecule has 38 heavy (non-hydrogen) atoms. The summed E-state index contributed by atoms with van der Waals surface area (Å²) in [6.45, 7) is 1.76. The molecule has 0 fully saturated rings. The molecule has 0 spiro atoms. The zero-order chi connectivity index (χ0) is 27.8. The Kier molecular flexibility index (Phi) is 7.32. The molecule has 3 aromatic heterocycles. The zero-order valence-electron chi connectivity index (χ0n) is 19.4. The Labute approximate surface area is 213 Å². The maximum Gasteiger partial charge on any atom is 0.427 e. The van der Waals surface area contributed by atoms with Gasteiger partial charge in [0.05, 0.1) is 23.5 Å². The molecule has 0 saturated carbocycles. The third kappa shape index (κ3) is 5.71. The van der Waals surface area contributed by atoms with E-state index in [1.807, 2.05) is 0 Å². The molecule has 1 atom stereocenters. The molecule has 0 amide bonds. The molecule has 0 aliphatic carbocycles. The van der Waals surface area contributed by atoms with Gasteiger partial charge in [0, 0.05) is 24.3 Å². The van der Waals surface area contributed by atoms with Crippen molar-refractivity contribution in [3.05, 3.63) is 73.8 Å². The first-order valence-electron chi connectivity index (χ1n) is 11.0. The van der Waals surface area contributed by atoms with Gasteiger partial charge in [-0.25, -0.2) is 14.5 Å². The smallest absolute Gasteiger partial charge is 0.381 e. The number of aromatic nitrogens is 4. The number of aromatic amines is 1. The minimum Gasteiger partial charge on any atom is -0.381 e. The van der Waals surface area contributed by atoms with Crippen LogP contribution in [-0.4, -0.2) is 25.8 Å². The van der Waals surface area contributed by atoms with E-state index in [1.54, 1.807) is 12.0 Å². The molecule has 0 radical (unpaired) electrons. The molecule has 7 nitrogen and oxygen atoms in total. The van der Waals surface area contributed by atoms with Crippen LogP contribution in [0.1, 0.15) is 30.2 Å². The van der Waals surface area contributed by atoms with Crippen molar-refractivity contribution < 1.29 is 30.7 Å². The van der Waals surface area contributed by atoms with Crippen LogP contribution in [0.15, 0.2) is 46.4 Å². The standard InChI is InChI=1S/C23H18F7N5O2S/c1-11(33-16-9-32-34-19(36)18(16)23(28,29)30)3-2-5-35-6-4-12-7-14(15(24)8-13(12)21(35)37)20-31-10-17(38-20)22(25,26)27/h4,6-11H,2-3,5H2,1H3,(H2,33,34,36). The molecule has 15 heteroatoms. The number of halogens is 7. The number of benzene rings is 1. The first-order valence-corrected chi connectivity index (χ1v) is 11.8. The van der Waals surface area contributed by atoms with E-state index in [4.69, 9.17) is 0 Å². The molecule has 2 N–H and O–H groups in total. The van der Waals surface area contributed by atoms with Crippen LogP contribution in [0.2, 0.25) is 0 Å². The van der Waals surface area contributed by atoms with Crippen LogP contribution in [0.5, 0.6) is 0 Å². The van der Waals surface area contributed by atoms with Crippen LogP contribution in [0.4, 0.5) is 36.4 Å². The van der Waals surface area contributed by atoms with E-state index in [0.29, 0.717) is 24.4 Å². The Morgan fingerprint density at radius 1 is 1.11 bits per heavy atom. The average Bonchev–Trinajstić information content (AvgIpc) is 3.30. The zero-order valence-corrected chi connectivity index (χ0v) is 20.2. The highest BCUT2D eigenvalue weighted by molar-refractivity contribution is 7.15. The quantitative estimate of drug-likeness (QED) is 0.284. The Bertz CT molecular complexity index is 1590. The summed E-state index contributed by atoms with van der Waals surface area (Å²) >= 11 is 0.289. The van der Waals surface area contributed by atoms with Crippen molar-refractivity contribution in [2.24, 2.45) is 0 Å². The minimum atomic E-state index is -4.88. The summed E-state index contributed by atoms with van der Waals surface area (Å²) < 4.78 is 94.3. The van der Waals surface area contributed by atoms with Crippen LogP contribution in [-0.2, 0) is 18.9 Å². The molecule has 1 unspecified atom stereocenters. The second-order valence-electron chi connectivity index (χ2n) is 8.43. The van der Waals surface area contributed by atoms with Crippen LogP contribution >= 0.6 is 11.3 Å². The summed E-state index contributed by atoms with van der Waals surface area (Å²) in [4.78, 5) is 27.1. The van der Waals surface area contributed by atoms with Gasteiger partial charge in [0.2, 0.25) is 0 Å². The number of fused-ring (bicyclic) bond motifs is 1. The summed E-state index contributed by atoms with van der Waals surface area (Å²) in [5.74, 6) is -0.903. The molecule has 0 aliphatic rings. The molecular formula is C23H18F7N5O2S. The van der Waals surface area contributed by atoms with Gasteiger partial charge in [0.15, 0.2) is 0 Å². The highest BCUT2D eigenvalue weighted by atomic mass is 32.1. The number of hydrogen-bond donors (Lipinski definition) is 2. The molecule has 4 rings (SSSR count). The van der Waals surface area contributed by atoms with Gasteiger partial charge >= 0.3 is 12.4 Å². The van der Waals surface area contributed by atoms with Crippen LogP contribution in [0.3, 0.4) is 0 Å². The first kappa shape index (κ1) is 27.3.